The maximum absolute atomic E-state index is 10.5. The second-order valence-corrected chi connectivity index (χ2v) is 1.98. The highest BCUT2D eigenvalue weighted by molar-refractivity contribution is 5.72. The summed E-state index contributed by atoms with van der Waals surface area (Å²) in [7, 11) is 1.77. The SMILES string of the molecule is CN1C=CCN1C(N)=O.O=CO. The molecule has 12 heavy (non-hydrogen) atoms. The number of carbonyl (C=O) groups excluding carboxylic acids is 1. The molecule has 0 saturated heterocycles. The zero-order chi connectivity index (χ0) is 9.56. The molecule has 0 bridgehead atoms. The molecule has 1 aliphatic heterocycles. The summed E-state index contributed by atoms with van der Waals surface area (Å²) in [6.45, 7) is 0.339. The molecule has 68 valence electrons. The third kappa shape index (κ3) is 2.91. The Morgan fingerprint density at radius 3 is 2.42 bits per heavy atom. The third-order valence-corrected chi connectivity index (χ3v) is 1.23. The van der Waals surface area contributed by atoms with Gasteiger partial charge in [0.15, 0.2) is 0 Å². The fraction of sp³-hybridized carbons (Fsp3) is 0.333. The minimum Gasteiger partial charge on any atom is -0.483 e. The number of carboxylic acid groups (broad SMARTS) is 1. The molecule has 6 nitrogen and oxygen atoms in total. The van der Waals surface area contributed by atoms with Gasteiger partial charge < -0.3 is 10.8 Å². The molecule has 3 N–H and O–H groups in total. The first-order valence-electron chi connectivity index (χ1n) is 3.17. The number of urea groups is 1. The summed E-state index contributed by atoms with van der Waals surface area (Å²) < 4.78 is 0. The number of rotatable bonds is 0. The average molecular weight is 173 g/mol. The summed E-state index contributed by atoms with van der Waals surface area (Å²) in [5.74, 6) is 0. The van der Waals surface area contributed by atoms with E-state index in [2.05, 4.69) is 0 Å². The fourth-order valence-corrected chi connectivity index (χ4v) is 0.754. The number of hydrogen-bond acceptors (Lipinski definition) is 3. The van der Waals surface area contributed by atoms with Crippen molar-refractivity contribution in [2.75, 3.05) is 13.6 Å². The van der Waals surface area contributed by atoms with Crippen molar-refractivity contribution in [1.82, 2.24) is 10.0 Å². The number of nitrogens with two attached hydrogens (primary N) is 1. The van der Waals surface area contributed by atoms with Crippen molar-refractivity contribution in [3.05, 3.63) is 12.3 Å². The summed E-state index contributed by atoms with van der Waals surface area (Å²) in [6, 6.07) is -0.414. The van der Waals surface area contributed by atoms with Crippen molar-refractivity contribution in [2.24, 2.45) is 5.73 Å². The zero-order valence-electron chi connectivity index (χ0n) is 6.67. The molecule has 0 spiro atoms. The van der Waals surface area contributed by atoms with Gasteiger partial charge in [-0.15, -0.1) is 0 Å². The predicted octanol–water partition coefficient (Wildman–Crippen LogP) is -0.558. The van der Waals surface area contributed by atoms with Crippen LogP contribution in [0.1, 0.15) is 0 Å². The molecule has 2 amide bonds. The van der Waals surface area contributed by atoms with Gasteiger partial charge in [-0.3, -0.25) is 9.80 Å². The normalized spacial score (nSPS) is 13.8. The highest BCUT2D eigenvalue weighted by Gasteiger charge is 2.14. The molecule has 6 heteroatoms. The Kier molecular flexibility index (Phi) is 4.28. The van der Waals surface area contributed by atoms with Crippen molar-refractivity contribution in [1.29, 1.82) is 0 Å². The van der Waals surface area contributed by atoms with Crippen LogP contribution in [-0.4, -0.2) is 41.2 Å². The lowest BCUT2D eigenvalue weighted by Gasteiger charge is -2.22. The van der Waals surface area contributed by atoms with Crippen molar-refractivity contribution >= 4 is 12.5 Å². The van der Waals surface area contributed by atoms with Crippen LogP contribution in [0.25, 0.3) is 0 Å². The van der Waals surface area contributed by atoms with Crippen molar-refractivity contribution in [3.8, 4) is 0 Å². The monoisotopic (exact) mass is 173 g/mol. The van der Waals surface area contributed by atoms with E-state index in [-0.39, 0.29) is 6.47 Å². The van der Waals surface area contributed by atoms with Crippen LogP contribution in [0.4, 0.5) is 4.79 Å². The van der Waals surface area contributed by atoms with E-state index in [9.17, 15) is 4.79 Å². The smallest absolute Gasteiger partial charge is 0.333 e. The summed E-state index contributed by atoms with van der Waals surface area (Å²) in [4.78, 5) is 18.8. The molecule has 0 aliphatic carbocycles. The van der Waals surface area contributed by atoms with Crippen LogP contribution in [0.5, 0.6) is 0 Å². The van der Waals surface area contributed by atoms with Gasteiger partial charge in [0, 0.05) is 13.2 Å². The topological polar surface area (TPSA) is 86.9 Å². The van der Waals surface area contributed by atoms with Gasteiger partial charge in [-0.2, -0.15) is 0 Å². The van der Waals surface area contributed by atoms with Crippen LogP contribution in [0.3, 0.4) is 0 Å². The first-order valence-corrected chi connectivity index (χ1v) is 3.17. The molecule has 0 atom stereocenters. The van der Waals surface area contributed by atoms with Crippen LogP contribution in [-0.2, 0) is 4.79 Å². The molecular formula is C6H11N3O3. The molecule has 1 aliphatic rings. The van der Waals surface area contributed by atoms with Gasteiger partial charge in [-0.1, -0.05) is 0 Å². The molecule has 0 fully saturated rings. The molecule has 0 aromatic rings. The largest absolute Gasteiger partial charge is 0.483 e. The number of hydrazine groups is 1. The van der Waals surface area contributed by atoms with Gasteiger partial charge in [0.25, 0.3) is 6.47 Å². The Hall–Kier alpha value is -1.72. The number of primary amides is 1. The quantitative estimate of drug-likeness (QED) is 0.481. The van der Waals surface area contributed by atoms with E-state index >= 15 is 0 Å². The lowest BCUT2D eigenvalue weighted by atomic mass is 10.6. The molecule has 1 rings (SSSR count). The zero-order valence-corrected chi connectivity index (χ0v) is 6.67. The molecule has 0 radical (unpaired) electrons. The third-order valence-electron chi connectivity index (χ3n) is 1.23. The Morgan fingerprint density at radius 1 is 1.75 bits per heavy atom. The van der Waals surface area contributed by atoms with Crippen LogP contribution in [0.2, 0.25) is 0 Å². The summed E-state index contributed by atoms with van der Waals surface area (Å²) in [5.41, 5.74) is 4.99. The summed E-state index contributed by atoms with van der Waals surface area (Å²) in [6.07, 6.45) is 3.66. The van der Waals surface area contributed by atoms with E-state index in [0.29, 0.717) is 6.54 Å². The van der Waals surface area contributed by atoms with Crippen molar-refractivity contribution in [3.63, 3.8) is 0 Å². The molecule has 0 aromatic heterocycles. The Morgan fingerprint density at radius 2 is 2.25 bits per heavy atom. The van der Waals surface area contributed by atoms with Gasteiger partial charge in [-0.25, -0.2) is 9.80 Å². The summed E-state index contributed by atoms with van der Waals surface area (Å²) >= 11 is 0. The van der Waals surface area contributed by atoms with E-state index < -0.39 is 6.03 Å². The van der Waals surface area contributed by atoms with E-state index in [1.54, 1.807) is 18.3 Å². The first kappa shape index (κ1) is 10.3. The van der Waals surface area contributed by atoms with E-state index in [4.69, 9.17) is 15.6 Å². The molecule has 0 saturated carbocycles. The van der Waals surface area contributed by atoms with Gasteiger partial charge in [0.1, 0.15) is 0 Å². The summed E-state index contributed by atoms with van der Waals surface area (Å²) in [5, 5.41) is 9.97. The maximum Gasteiger partial charge on any atom is 0.333 e. The maximum atomic E-state index is 10.5. The lowest BCUT2D eigenvalue weighted by molar-refractivity contribution is -0.122. The van der Waals surface area contributed by atoms with Gasteiger partial charge in [0.05, 0.1) is 6.54 Å². The van der Waals surface area contributed by atoms with Gasteiger partial charge >= 0.3 is 6.03 Å². The second-order valence-electron chi connectivity index (χ2n) is 1.98. The molecule has 1 heterocycles. The minimum atomic E-state index is -0.414. The van der Waals surface area contributed by atoms with Crippen LogP contribution in [0.15, 0.2) is 12.3 Å². The predicted molar refractivity (Wildman–Crippen MR) is 41.9 cm³/mol. The lowest BCUT2D eigenvalue weighted by Crippen LogP contribution is -2.41. The van der Waals surface area contributed by atoms with Gasteiger partial charge in [0.2, 0.25) is 0 Å². The van der Waals surface area contributed by atoms with Crippen LogP contribution < -0.4 is 5.73 Å². The van der Waals surface area contributed by atoms with E-state index in [1.165, 1.54) is 5.01 Å². The van der Waals surface area contributed by atoms with Gasteiger partial charge in [-0.05, 0) is 6.08 Å². The second kappa shape index (κ2) is 5.00. The fourth-order valence-electron chi connectivity index (χ4n) is 0.754. The number of carbonyl (C=O) groups is 2. The number of hydrogen-bond donors (Lipinski definition) is 2. The standard InChI is InChI=1S/C5H9N3O.CH2O2/c1-7-3-2-4-8(7)5(6)9;2-1-3/h2-3H,4H2,1H3,(H2,6,9);1H,(H,2,3). The Balaban J connectivity index is 0.000000354. The van der Waals surface area contributed by atoms with E-state index in [0.717, 1.165) is 0 Å². The highest BCUT2D eigenvalue weighted by Crippen LogP contribution is 2.02. The average Bonchev–Trinajstić information content (AvgIpc) is 2.36. The van der Waals surface area contributed by atoms with Crippen molar-refractivity contribution in [2.45, 2.75) is 0 Å². The number of amides is 2. The Labute approximate surface area is 69.8 Å². The van der Waals surface area contributed by atoms with E-state index in [1.807, 2.05) is 6.08 Å². The van der Waals surface area contributed by atoms with Crippen molar-refractivity contribution < 1.29 is 14.7 Å². The number of nitrogens with zero attached hydrogens (tertiary/aromatic N) is 2. The van der Waals surface area contributed by atoms with Crippen LogP contribution in [0, 0.1) is 0 Å². The Bertz CT molecular complexity index is 192. The van der Waals surface area contributed by atoms with Crippen LogP contribution >= 0.6 is 0 Å². The molecule has 0 aromatic carbocycles. The highest BCUT2D eigenvalue weighted by atomic mass is 16.3. The minimum absolute atomic E-state index is 0.250. The molecule has 0 unspecified atom stereocenters. The molecular weight excluding hydrogens is 162 g/mol. The first-order chi connectivity index (χ1) is 5.63.